The number of nitrogens with two attached hydrogens (primary N) is 1. The monoisotopic (exact) mass is 299 g/mol. The summed E-state index contributed by atoms with van der Waals surface area (Å²) in [5, 5.41) is 0.685. The summed E-state index contributed by atoms with van der Waals surface area (Å²) in [5.41, 5.74) is 7.61. The lowest BCUT2D eigenvalue weighted by Crippen LogP contribution is -2.07. The molecule has 2 aromatic rings. The molecule has 0 aliphatic carbocycles. The van der Waals surface area contributed by atoms with Crippen LogP contribution in [0.15, 0.2) is 35.2 Å². The number of benzene rings is 1. The van der Waals surface area contributed by atoms with Crippen LogP contribution in [-0.4, -0.2) is 16.1 Å². The van der Waals surface area contributed by atoms with Gasteiger partial charge in [0, 0.05) is 18.3 Å². The van der Waals surface area contributed by atoms with Gasteiger partial charge in [-0.05, 0) is 34.6 Å². The molecule has 0 fully saturated rings. The molecule has 0 unspecified atom stereocenters. The lowest BCUT2D eigenvalue weighted by molar-refractivity contribution is 0.871. The molecule has 0 atom stereocenters. The van der Waals surface area contributed by atoms with Gasteiger partial charge in [0.1, 0.15) is 0 Å². The van der Waals surface area contributed by atoms with E-state index in [9.17, 15) is 0 Å². The number of rotatable bonds is 3. The molecule has 1 aromatic heterocycles. The third-order valence-corrected chi connectivity index (χ3v) is 3.68. The van der Waals surface area contributed by atoms with Crippen molar-refractivity contribution in [1.82, 2.24) is 9.55 Å². The molecule has 3 nitrogen and oxygen atoms in total. The van der Waals surface area contributed by atoms with Gasteiger partial charge in [-0.2, -0.15) is 0 Å². The molecule has 0 bridgehead atoms. The summed E-state index contributed by atoms with van der Waals surface area (Å²) in [5.74, 6) is 0. The van der Waals surface area contributed by atoms with Gasteiger partial charge in [-0.3, -0.25) is 0 Å². The molecular formula is C11H11BrClN3. The molecular weight excluding hydrogens is 289 g/mol. The van der Waals surface area contributed by atoms with Crippen LogP contribution in [0.5, 0.6) is 0 Å². The van der Waals surface area contributed by atoms with Gasteiger partial charge in [0.25, 0.3) is 0 Å². The van der Waals surface area contributed by atoms with E-state index in [2.05, 4.69) is 20.9 Å². The first-order valence-electron chi connectivity index (χ1n) is 4.89. The zero-order chi connectivity index (χ0) is 11.5. The molecule has 0 saturated heterocycles. The first kappa shape index (κ1) is 11.6. The van der Waals surface area contributed by atoms with Crippen molar-refractivity contribution in [3.05, 3.63) is 45.9 Å². The minimum Gasteiger partial charge on any atom is -0.330 e. The molecule has 0 amide bonds. The van der Waals surface area contributed by atoms with Crippen molar-refractivity contribution in [2.45, 2.75) is 6.42 Å². The summed E-state index contributed by atoms with van der Waals surface area (Å²) in [6.45, 7) is 0.601. The van der Waals surface area contributed by atoms with Crippen LogP contribution >= 0.6 is 27.5 Å². The second-order valence-electron chi connectivity index (χ2n) is 3.37. The molecule has 0 radical (unpaired) electrons. The Balaban J connectivity index is 2.50. The highest BCUT2D eigenvalue weighted by Gasteiger charge is 2.09. The van der Waals surface area contributed by atoms with Gasteiger partial charge < -0.3 is 10.3 Å². The van der Waals surface area contributed by atoms with E-state index in [1.54, 1.807) is 6.33 Å². The lowest BCUT2D eigenvalue weighted by Gasteiger charge is -2.10. The van der Waals surface area contributed by atoms with E-state index in [0.29, 0.717) is 11.6 Å². The van der Waals surface area contributed by atoms with E-state index in [4.69, 9.17) is 17.3 Å². The molecule has 1 aromatic carbocycles. The summed E-state index contributed by atoms with van der Waals surface area (Å²) >= 11 is 9.53. The number of nitrogens with zero attached hydrogens (tertiary/aromatic N) is 2. The Morgan fingerprint density at radius 1 is 1.44 bits per heavy atom. The zero-order valence-corrected chi connectivity index (χ0v) is 10.9. The molecule has 16 heavy (non-hydrogen) atoms. The Labute approximate surface area is 107 Å². The fourth-order valence-corrected chi connectivity index (χ4v) is 2.18. The first-order chi connectivity index (χ1) is 7.74. The lowest BCUT2D eigenvalue weighted by atomic mass is 10.3. The fraction of sp³-hybridized carbons (Fsp3) is 0.182. The normalized spacial score (nSPS) is 10.7. The summed E-state index contributed by atoms with van der Waals surface area (Å²) in [6, 6.07) is 5.74. The smallest absolute Gasteiger partial charge is 0.0994 e. The SMILES string of the molecule is NCCc1cncn1-c1cccc(Cl)c1Br. The van der Waals surface area contributed by atoms with E-state index < -0.39 is 0 Å². The van der Waals surface area contributed by atoms with Crippen molar-refractivity contribution in [3.8, 4) is 5.69 Å². The number of imidazole rings is 1. The van der Waals surface area contributed by atoms with E-state index >= 15 is 0 Å². The van der Waals surface area contributed by atoms with E-state index in [-0.39, 0.29) is 0 Å². The summed E-state index contributed by atoms with van der Waals surface area (Å²) in [6.07, 6.45) is 4.38. The Bertz CT molecular complexity index is 496. The third-order valence-electron chi connectivity index (χ3n) is 2.31. The number of hydrogen-bond donors (Lipinski definition) is 1. The highest BCUT2D eigenvalue weighted by atomic mass is 79.9. The minimum atomic E-state index is 0.601. The highest BCUT2D eigenvalue weighted by molar-refractivity contribution is 9.10. The molecule has 84 valence electrons. The molecule has 2 rings (SSSR count). The standard InChI is InChI=1S/C11H11BrClN3/c12-11-9(13)2-1-3-10(11)16-7-15-6-8(16)4-5-14/h1-3,6-7H,4-5,14H2. The quantitative estimate of drug-likeness (QED) is 0.947. The Hall–Kier alpha value is -0.840. The Morgan fingerprint density at radius 2 is 2.25 bits per heavy atom. The van der Waals surface area contributed by atoms with E-state index in [1.807, 2.05) is 29.0 Å². The second-order valence-corrected chi connectivity index (χ2v) is 4.57. The Kier molecular flexibility index (Phi) is 3.63. The molecule has 0 saturated carbocycles. The highest BCUT2D eigenvalue weighted by Crippen LogP contribution is 2.29. The van der Waals surface area contributed by atoms with Crippen LogP contribution in [-0.2, 0) is 6.42 Å². The van der Waals surface area contributed by atoms with Gasteiger partial charge >= 0.3 is 0 Å². The maximum Gasteiger partial charge on any atom is 0.0994 e. The summed E-state index contributed by atoms with van der Waals surface area (Å²) < 4.78 is 2.86. The number of hydrogen-bond acceptors (Lipinski definition) is 2. The predicted molar refractivity (Wildman–Crippen MR) is 69.0 cm³/mol. The van der Waals surface area contributed by atoms with Crippen molar-refractivity contribution >= 4 is 27.5 Å². The van der Waals surface area contributed by atoms with Crippen LogP contribution < -0.4 is 5.73 Å². The molecule has 2 N–H and O–H groups in total. The van der Waals surface area contributed by atoms with Crippen LogP contribution in [0.2, 0.25) is 5.02 Å². The van der Waals surface area contributed by atoms with Gasteiger partial charge in [-0.15, -0.1) is 0 Å². The van der Waals surface area contributed by atoms with Crippen molar-refractivity contribution in [1.29, 1.82) is 0 Å². The first-order valence-corrected chi connectivity index (χ1v) is 6.07. The van der Waals surface area contributed by atoms with Crippen LogP contribution in [0.3, 0.4) is 0 Å². The number of aromatic nitrogens is 2. The molecule has 1 heterocycles. The van der Waals surface area contributed by atoms with E-state index in [1.165, 1.54) is 0 Å². The van der Waals surface area contributed by atoms with Crippen LogP contribution in [0, 0.1) is 0 Å². The Morgan fingerprint density at radius 3 is 3.00 bits per heavy atom. The van der Waals surface area contributed by atoms with Crippen LogP contribution in [0.4, 0.5) is 0 Å². The van der Waals surface area contributed by atoms with Gasteiger partial charge in [0.05, 0.1) is 21.5 Å². The maximum atomic E-state index is 6.05. The van der Waals surface area contributed by atoms with Gasteiger partial charge in [-0.1, -0.05) is 17.7 Å². The third kappa shape index (κ3) is 2.14. The average Bonchev–Trinajstić information content (AvgIpc) is 2.71. The molecule has 5 heteroatoms. The summed E-state index contributed by atoms with van der Waals surface area (Å²) in [4.78, 5) is 4.13. The largest absolute Gasteiger partial charge is 0.330 e. The van der Waals surface area contributed by atoms with Crippen molar-refractivity contribution in [2.24, 2.45) is 5.73 Å². The van der Waals surface area contributed by atoms with Crippen LogP contribution in [0.25, 0.3) is 5.69 Å². The van der Waals surface area contributed by atoms with Crippen molar-refractivity contribution in [2.75, 3.05) is 6.54 Å². The maximum absolute atomic E-state index is 6.05. The van der Waals surface area contributed by atoms with Gasteiger partial charge in [0.15, 0.2) is 0 Å². The molecule has 0 aliphatic rings. The van der Waals surface area contributed by atoms with Crippen LogP contribution in [0.1, 0.15) is 5.69 Å². The predicted octanol–water partition coefficient (Wildman–Crippen LogP) is 2.79. The average molecular weight is 301 g/mol. The molecule has 0 aliphatic heterocycles. The van der Waals surface area contributed by atoms with Crippen molar-refractivity contribution < 1.29 is 0 Å². The second kappa shape index (κ2) is 4.99. The molecule has 0 spiro atoms. The van der Waals surface area contributed by atoms with Crippen molar-refractivity contribution in [3.63, 3.8) is 0 Å². The summed E-state index contributed by atoms with van der Waals surface area (Å²) in [7, 11) is 0. The van der Waals surface area contributed by atoms with Gasteiger partial charge in [0.2, 0.25) is 0 Å². The minimum absolute atomic E-state index is 0.601. The van der Waals surface area contributed by atoms with E-state index in [0.717, 1.165) is 22.3 Å². The number of halogens is 2. The van der Waals surface area contributed by atoms with Gasteiger partial charge in [-0.25, -0.2) is 4.98 Å². The fourth-order valence-electron chi connectivity index (χ4n) is 1.55. The zero-order valence-electron chi connectivity index (χ0n) is 8.53. The topological polar surface area (TPSA) is 43.8 Å².